The van der Waals surface area contributed by atoms with Gasteiger partial charge in [0.2, 0.25) is 0 Å². The van der Waals surface area contributed by atoms with E-state index < -0.39 is 0 Å². The molecular weight excluding hydrogens is 352 g/mol. The Balaban J connectivity index is 1.46. The van der Waals surface area contributed by atoms with Gasteiger partial charge in [0.15, 0.2) is 0 Å². The molecule has 4 fully saturated rings. The molecule has 0 bridgehead atoms. The van der Waals surface area contributed by atoms with Gasteiger partial charge in [-0.25, -0.2) is 0 Å². The van der Waals surface area contributed by atoms with Crippen molar-refractivity contribution in [3.05, 3.63) is 12.2 Å². The molecule has 0 aromatic carbocycles. The van der Waals surface area contributed by atoms with Crippen LogP contribution in [0.3, 0.4) is 0 Å². The summed E-state index contributed by atoms with van der Waals surface area (Å²) >= 11 is 0. The second-order valence-corrected chi connectivity index (χ2v) is 12.6. The van der Waals surface area contributed by atoms with Crippen LogP contribution in [-0.2, 0) is 0 Å². The van der Waals surface area contributed by atoms with Crippen LogP contribution in [0.1, 0.15) is 105 Å². The van der Waals surface area contributed by atoms with Crippen LogP contribution in [0, 0.1) is 52.3 Å². The second kappa shape index (κ2) is 7.99. The summed E-state index contributed by atoms with van der Waals surface area (Å²) in [5.74, 6) is 6.05. The number of hydrogen-bond acceptors (Lipinski definition) is 1. The van der Waals surface area contributed by atoms with Crippen molar-refractivity contribution in [2.45, 2.75) is 111 Å². The maximum absolute atomic E-state index is 10.3. The summed E-state index contributed by atoms with van der Waals surface area (Å²) in [7, 11) is 0. The van der Waals surface area contributed by atoms with E-state index in [1.54, 1.807) is 0 Å². The highest BCUT2D eigenvalue weighted by molar-refractivity contribution is 5.10. The van der Waals surface area contributed by atoms with Crippen LogP contribution in [0.15, 0.2) is 12.2 Å². The van der Waals surface area contributed by atoms with Gasteiger partial charge in [-0.1, -0.05) is 46.8 Å². The summed E-state index contributed by atoms with van der Waals surface area (Å²) in [6.45, 7) is 16.8. The summed E-state index contributed by atoms with van der Waals surface area (Å²) in [4.78, 5) is 0. The molecule has 166 valence electrons. The Kier molecular flexibility index (Phi) is 6.04. The first-order valence-corrected chi connectivity index (χ1v) is 13.0. The Hall–Kier alpha value is -0.300. The molecule has 0 aliphatic heterocycles. The maximum atomic E-state index is 10.3. The van der Waals surface area contributed by atoms with Crippen LogP contribution < -0.4 is 0 Å². The molecule has 1 heteroatoms. The summed E-state index contributed by atoms with van der Waals surface area (Å²) in [5, 5.41) is 10.3. The lowest BCUT2D eigenvalue weighted by atomic mass is 9.44. The molecule has 0 aromatic heterocycles. The third-order valence-corrected chi connectivity index (χ3v) is 11.1. The lowest BCUT2D eigenvalue weighted by Crippen LogP contribution is -2.54. The molecule has 0 spiro atoms. The van der Waals surface area contributed by atoms with Crippen molar-refractivity contribution in [3.8, 4) is 0 Å². The topological polar surface area (TPSA) is 20.2 Å². The highest BCUT2D eigenvalue weighted by Crippen LogP contribution is 2.68. The Morgan fingerprint density at radius 1 is 0.931 bits per heavy atom. The van der Waals surface area contributed by atoms with Gasteiger partial charge in [-0.05, 0) is 123 Å². The molecule has 4 aliphatic carbocycles. The predicted molar refractivity (Wildman–Crippen MR) is 124 cm³/mol. The Labute approximate surface area is 181 Å². The Morgan fingerprint density at radius 3 is 2.34 bits per heavy atom. The number of rotatable bonds is 5. The fourth-order valence-electron chi connectivity index (χ4n) is 9.11. The van der Waals surface area contributed by atoms with E-state index >= 15 is 0 Å². The molecule has 29 heavy (non-hydrogen) atoms. The molecule has 1 N–H and O–H groups in total. The van der Waals surface area contributed by atoms with Crippen molar-refractivity contribution in [2.24, 2.45) is 52.3 Å². The minimum absolute atomic E-state index is 0.0178. The van der Waals surface area contributed by atoms with E-state index in [0.717, 1.165) is 48.3 Å². The first-order chi connectivity index (χ1) is 13.7. The average molecular weight is 401 g/mol. The van der Waals surface area contributed by atoms with Gasteiger partial charge >= 0.3 is 0 Å². The Morgan fingerprint density at radius 2 is 1.62 bits per heavy atom. The van der Waals surface area contributed by atoms with Gasteiger partial charge in [-0.15, -0.1) is 0 Å². The minimum atomic E-state index is -0.0178. The number of aliphatic hydroxyl groups is 1. The molecule has 0 aromatic rings. The standard InChI is InChI=1S/C28H48O/c1-18(2)19(3)7-8-20(4)24-11-12-25-23-10-9-21-17-22(29)13-15-27(21,5)26(23)14-16-28(24,25)6/h18,20-26,29H,3,7-17H2,1-2,4-6H3/t20-,21+,22-,23+,24-,25+,26+,27+,28-/m1/s1. The van der Waals surface area contributed by atoms with Crippen molar-refractivity contribution >= 4 is 0 Å². The number of hydrogen-bond donors (Lipinski definition) is 1. The molecule has 0 heterocycles. The van der Waals surface area contributed by atoms with Crippen molar-refractivity contribution < 1.29 is 5.11 Å². The molecule has 0 radical (unpaired) electrons. The van der Waals surface area contributed by atoms with E-state index in [1.807, 2.05) is 0 Å². The van der Waals surface area contributed by atoms with E-state index in [2.05, 4.69) is 41.2 Å². The highest BCUT2D eigenvalue weighted by Gasteiger charge is 2.60. The van der Waals surface area contributed by atoms with Crippen molar-refractivity contribution in [1.29, 1.82) is 0 Å². The monoisotopic (exact) mass is 400 g/mol. The average Bonchev–Trinajstić information content (AvgIpc) is 3.03. The molecule has 0 saturated heterocycles. The Bertz CT molecular complexity index is 607. The van der Waals surface area contributed by atoms with Crippen molar-refractivity contribution in [2.75, 3.05) is 0 Å². The zero-order valence-corrected chi connectivity index (χ0v) is 20.1. The van der Waals surface area contributed by atoms with Gasteiger partial charge in [-0.2, -0.15) is 0 Å². The van der Waals surface area contributed by atoms with Crippen molar-refractivity contribution in [1.82, 2.24) is 0 Å². The lowest BCUT2D eigenvalue weighted by molar-refractivity contribution is -0.129. The van der Waals surface area contributed by atoms with Gasteiger partial charge in [0, 0.05) is 0 Å². The summed E-state index contributed by atoms with van der Waals surface area (Å²) < 4.78 is 0. The molecule has 4 rings (SSSR count). The third-order valence-electron chi connectivity index (χ3n) is 11.1. The van der Waals surface area contributed by atoms with Gasteiger partial charge in [-0.3, -0.25) is 0 Å². The summed E-state index contributed by atoms with van der Waals surface area (Å²) in [5.41, 5.74) is 2.55. The smallest absolute Gasteiger partial charge is 0.0543 e. The number of allylic oxidation sites excluding steroid dienone is 1. The zero-order valence-electron chi connectivity index (χ0n) is 20.1. The van der Waals surface area contributed by atoms with E-state index in [9.17, 15) is 5.11 Å². The van der Waals surface area contributed by atoms with Crippen LogP contribution >= 0.6 is 0 Å². The van der Waals surface area contributed by atoms with Crippen LogP contribution in [0.5, 0.6) is 0 Å². The summed E-state index contributed by atoms with van der Waals surface area (Å²) in [6, 6.07) is 0. The van der Waals surface area contributed by atoms with E-state index in [4.69, 9.17) is 0 Å². The van der Waals surface area contributed by atoms with Crippen LogP contribution in [0.2, 0.25) is 0 Å². The molecule has 1 nitrogen and oxygen atoms in total. The highest BCUT2D eigenvalue weighted by atomic mass is 16.3. The molecular formula is C28H48O. The predicted octanol–water partition coefficient (Wildman–Crippen LogP) is 7.63. The first-order valence-electron chi connectivity index (χ1n) is 13.0. The quantitative estimate of drug-likeness (QED) is 0.470. The normalized spacial score (nSPS) is 48.0. The second-order valence-electron chi connectivity index (χ2n) is 12.6. The molecule has 0 unspecified atom stereocenters. The van der Waals surface area contributed by atoms with Crippen LogP contribution in [0.25, 0.3) is 0 Å². The third kappa shape index (κ3) is 3.66. The SMILES string of the molecule is C=C(CC[C@@H](C)[C@H]1CC[C@H]2[C@@H]3CC[C@H]4C[C@H](O)CC[C@]4(C)[C@H]3CC[C@]12C)C(C)C. The van der Waals surface area contributed by atoms with Gasteiger partial charge in [0.1, 0.15) is 0 Å². The van der Waals surface area contributed by atoms with Crippen LogP contribution in [-0.4, -0.2) is 11.2 Å². The molecule has 9 atom stereocenters. The first kappa shape index (κ1) is 21.9. The number of aliphatic hydroxyl groups excluding tert-OH is 1. The molecule has 4 saturated carbocycles. The van der Waals surface area contributed by atoms with Crippen molar-refractivity contribution in [3.63, 3.8) is 0 Å². The van der Waals surface area contributed by atoms with Gasteiger partial charge in [0.25, 0.3) is 0 Å². The van der Waals surface area contributed by atoms with E-state index in [0.29, 0.717) is 16.7 Å². The minimum Gasteiger partial charge on any atom is -0.393 e. The molecule has 0 amide bonds. The van der Waals surface area contributed by atoms with Gasteiger partial charge in [0.05, 0.1) is 6.10 Å². The maximum Gasteiger partial charge on any atom is 0.0543 e. The number of fused-ring (bicyclic) bond motifs is 5. The van der Waals surface area contributed by atoms with Crippen LogP contribution in [0.4, 0.5) is 0 Å². The largest absolute Gasteiger partial charge is 0.393 e. The van der Waals surface area contributed by atoms with E-state index in [-0.39, 0.29) is 6.10 Å². The fourth-order valence-corrected chi connectivity index (χ4v) is 9.11. The van der Waals surface area contributed by atoms with Gasteiger partial charge < -0.3 is 5.11 Å². The lowest BCUT2D eigenvalue weighted by Gasteiger charge is -2.61. The zero-order chi connectivity index (χ0) is 21.0. The van der Waals surface area contributed by atoms with E-state index in [1.165, 1.54) is 63.4 Å². The summed E-state index contributed by atoms with van der Waals surface area (Å²) in [6.07, 6.45) is 14.7. The fraction of sp³-hybridized carbons (Fsp3) is 0.929. The molecule has 4 aliphatic rings.